The Kier molecular flexibility index (Phi) is 3.27. The van der Waals surface area contributed by atoms with E-state index in [4.69, 9.17) is 0 Å². The number of rotatable bonds is 3. The lowest BCUT2D eigenvalue weighted by Gasteiger charge is -2.25. The van der Waals surface area contributed by atoms with Gasteiger partial charge in [-0.25, -0.2) is 8.42 Å². The van der Waals surface area contributed by atoms with Gasteiger partial charge < -0.3 is 0 Å². The second-order valence-corrected chi connectivity index (χ2v) is 6.37. The molecule has 17 heavy (non-hydrogen) atoms. The van der Waals surface area contributed by atoms with Crippen LogP contribution in [0.25, 0.3) is 0 Å². The van der Waals surface area contributed by atoms with Gasteiger partial charge in [0.05, 0.1) is 11.9 Å². The Bertz CT molecular complexity index is 519. The van der Waals surface area contributed by atoms with Crippen molar-refractivity contribution in [3.63, 3.8) is 0 Å². The van der Waals surface area contributed by atoms with Gasteiger partial charge in [-0.3, -0.25) is 4.68 Å². The molecule has 2 rings (SSSR count). The summed E-state index contributed by atoms with van der Waals surface area (Å²) in [6.45, 7) is 6.02. The number of fused-ring (bicyclic) bond motifs is 1. The lowest BCUT2D eigenvalue weighted by atomic mass is 10.1. The van der Waals surface area contributed by atoms with Crippen molar-refractivity contribution in [2.24, 2.45) is 0 Å². The summed E-state index contributed by atoms with van der Waals surface area (Å²) in [5, 5.41) is 4.54. The molecule has 0 N–H and O–H groups in total. The van der Waals surface area contributed by atoms with Gasteiger partial charge in [0, 0.05) is 37.3 Å². The SMILES string of the molecule is CCc1nn(CC)c2c1CN(S(C)(=O)=O)CC2. The van der Waals surface area contributed by atoms with Crippen LogP contribution in [0.1, 0.15) is 30.8 Å². The molecule has 0 atom stereocenters. The molecule has 0 spiro atoms. The molecule has 1 aliphatic rings. The normalized spacial score (nSPS) is 17.1. The highest BCUT2D eigenvalue weighted by molar-refractivity contribution is 7.88. The van der Waals surface area contributed by atoms with E-state index in [0.29, 0.717) is 13.1 Å². The van der Waals surface area contributed by atoms with Crippen LogP contribution in [0.3, 0.4) is 0 Å². The summed E-state index contributed by atoms with van der Waals surface area (Å²) in [6, 6.07) is 0. The van der Waals surface area contributed by atoms with E-state index in [1.165, 1.54) is 16.3 Å². The average Bonchev–Trinajstić information content (AvgIpc) is 2.64. The van der Waals surface area contributed by atoms with Crippen LogP contribution < -0.4 is 0 Å². The molecule has 6 heteroatoms. The largest absolute Gasteiger partial charge is 0.269 e. The zero-order valence-electron chi connectivity index (χ0n) is 10.6. The summed E-state index contributed by atoms with van der Waals surface area (Å²) < 4.78 is 26.7. The van der Waals surface area contributed by atoms with Crippen LogP contribution >= 0.6 is 0 Å². The number of hydrogen-bond donors (Lipinski definition) is 0. The van der Waals surface area contributed by atoms with E-state index in [1.54, 1.807) is 0 Å². The third kappa shape index (κ3) is 2.24. The topological polar surface area (TPSA) is 55.2 Å². The van der Waals surface area contributed by atoms with Crippen molar-refractivity contribution in [2.45, 2.75) is 39.8 Å². The molecular formula is C11H19N3O2S. The predicted molar refractivity (Wildman–Crippen MR) is 66.2 cm³/mol. The monoisotopic (exact) mass is 257 g/mol. The second-order valence-electron chi connectivity index (χ2n) is 4.39. The summed E-state index contributed by atoms with van der Waals surface area (Å²) >= 11 is 0. The Morgan fingerprint density at radius 2 is 2.06 bits per heavy atom. The third-order valence-corrected chi connectivity index (χ3v) is 4.54. The lowest BCUT2D eigenvalue weighted by molar-refractivity contribution is 0.386. The summed E-state index contributed by atoms with van der Waals surface area (Å²) in [6.07, 6.45) is 2.89. The molecule has 96 valence electrons. The van der Waals surface area contributed by atoms with Gasteiger partial charge >= 0.3 is 0 Å². The fraction of sp³-hybridized carbons (Fsp3) is 0.727. The molecule has 0 saturated heterocycles. The Morgan fingerprint density at radius 1 is 1.35 bits per heavy atom. The van der Waals surface area contributed by atoms with Crippen molar-refractivity contribution >= 4 is 10.0 Å². The van der Waals surface area contributed by atoms with Gasteiger partial charge in [-0.2, -0.15) is 9.40 Å². The third-order valence-electron chi connectivity index (χ3n) is 3.29. The van der Waals surface area contributed by atoms with Gasteiger partial charge in [-0.1, -0.05) is 6.92 Å². The minimum atomic E-state index is -3.09. The van der Waals surface area contributed by atoms with Crippen LogP contribution in [0.5, 0.6) is 0 Å². The molecule has 0 amide bonds. The summed E-state index contributed by atoms with van der Waals surface area (Å²) in [5.41, 5.74) is 3.37. The van der Waals surface area contributed by atoms with Crippen LogP contribution in [0.2, 0.25) is 0 Å². The number of nitrogens with zero attached hydrogens (tertiary/aromatic N) is 3. The predicted octanol–water partition coefficient (Wildman–Crippen LogP) is 0.783. The molecule has 0 bridgehead atoms. The Morgan fingerprint density at radius 3 is 2.59 bits per heavy atom. The highest BCUT2D eigenvalue weighted by Crippen LogP contribution is 2.24. The first kappa shape index (κ1) is 12.6. The molecule has 1 aromatic heterocycles. The van der Waals surface area contributed by atoms with Crippen LogP contribution in [0.4, 0.5) is 0 Å². The molecule has 2 heterocycles. The molecule has 0 aromatic carbocycles. The van der Waals surface area contributed by atoms with Crippen LogP contribution in [0, 0.1) is 0 Å². The number of aromatic nitrogens is 2. The van der Waals surface area contributed by atoms with Crippen LogP contribution in [-0.2, 0) is 36.0 Å². The molecule has 1 aromatic rings. The maximum Gasteiger partial charge on any atom is 0.211 e. The summed E-state index contributed by atoms with van der Waals surface area (Å²) in [7, 11) is -3.09. The minimum absolute atomic E-state index is 0.483. The molecule has 0 aliphatic carbocycles. The van der Waals surface area contributed by atoms with Gasteiger partial charge in [0.2, 0.25) is 10.0 Å². The number of hydrogen-bond acceptors (Lipinski definition) is 3. The first-order chi connectivity index (χ1) is 7.97. The van der Waals surface area contributed by atoms with E-state index in [-0.39, 0.29) is 0 Å². The maximum absolute atomic E-state index is 11.6. The molecule has 0 unspecified atom stereocenters. The van der Waals surface area contributed by atoms with Gasteiger partial charge in [0.15, 0.2) is 0 Å². The first-order valence-electron chi connectivity index (χ1n) is 5.99. The zero-order chi connectivity index (χ0) is 12.6. The Balaban J connectivity index is 2.40. The average molecular weight is 257 g/mol. The molecule has 0 saturated carbocycles. The van der Waals surface area contributed by atoms with Crippen molar-refractivity contribution in [1.29, 1.82) is 0 Å². The van der Waals surface area contributed by atoms with Crippen molar-refractivity contribution in [2.75, 3.05) is 12.8 Å². The number of sulfonamides is 1. The highest BCUT2D eigenvalue weighted by atomic mass is 32.2. The molecule has 0 fully saturated rings. The second kappa shape index (κ2) is 4.42. The maximum atomic E-state index is 11.6. The lowest BCUT2D eigenvalue weighted by Crippen LogP contribution is -2.35. The van der Waals surface area contributed by atoms with Crippen molar-refractivity contribution in [3.8, 4) is 0 Å². The first-order valence-corrected chi connectivity index (χ1v) is 7.84. The molecule has 1 aliphatic heterocycles. The van der Waals surface area contributed by atoms with Gasteiger partial charge in [-0.05, 0) is 13.3 Å². The Hall–Kier alpha value is -0.880. The molecule has 0 radical (unpaired) electrons. The minimum Gasteiger partial charge on any atom is -0.269 e. The van der Waals surface area contributed by atoms with Crippen LogP contribution in [0.15, 0.2) is 0 Å². The van der Waals surface area contributed by atoms with Gasteiger partial charge in [-0.15, -0.1) is 0 Å². The quantitative estimate of drug-likeness (QED) is 0.804. The van der Waals surface area contributed by atoms with Crippen LogP contribution in [-0.4, -0.2) is 35.3 Å². The van der Waals surface area contributed by atoms with E-state index < -0.39 is 10.0 Å². The highest BCUT2D eigenvalue weighted by Gasteiger charge is 2.28. The molecular weight excluding hydrogens is 238 g/mol. The van der Waals surface area contributed by atoms with Crippen molar-refractivity contribution < 1.29 is 8.42 Å². The van der Waals surface area contributed by atoms with E-state index >= 15 is 0 Å². The fourth-order valence-electron chi connectivity index (χ4n) is 2.37. The summed E-state index contributed by atoms with van der Waals surface area (Å²) in [4.78, 5) is 0. The van der Waals surface area contributed by atoms with E-state index in [9.17, 15) is 8.42 Å². The van der Waals surface area contributed by atoms with Crippen molar-refractivity contribution in [1.82, 2.24) is 14.1 Å². The zero-order valence-corrected chi connectivity index (χ0v) is 11.4. The van der Waals surface area contributed by atoms with Crippen molar-refractivity contribution in [3.05, 3.63) is 17.0 Å². The smallest absolute Gasteiger partial charge is 0.211 e. The number of aryl methyl sites for hydroxylation is 2. The van der Waals surface area contributed by atoms with Gasteiger partial charge in [0.1, 0.15) is 0 Å². The summed E-state index contributed by atoms with van der Waals surface area (Å²) in [5.74, 6) is 0. The van der Waals surface area contributed by atoms with E-state index in [2.05, 4.69) is 18.9 Å². The van der Waals surface area contributed by atoms with Gasteiger partial charge in [0.25, 0.3) is 0 Å². The molecule has 5 nitrogen and oxygen atoms in total. The standard InChI is InChI=1S/C11H19N3O2S/c1-4-10-9-8-13(17(3,15)16)7-6-11(9)14(5-2)12-10/h4-8H2,1-3H3. The Labute approximate surface area is 102 Å². The fourth-order valence-corrected chi connectivity index (χ4v) is 3.15. The van der Waals surface area contributed by atoms with E-state index in [1.807, 2.05) is 4.68 Å². The van der Waals surface area contributed by atoms with E-state index in [0.717, 1.165) is 30.6 Å².